The Hall–Kier alpha value is -2.76. The number of aryl methyl sites for hydroxylation is 1. The monoisotopic (exact) mass is 358 g/mol. The van der Waals surface area contributed by atoms with Crippen molar-refractivity contribution in [1.29, 1.82) is 0 Å². The van der Waals surface area contributed by atoms with Crippen molar-refractivity contribution in [3.05, 3.63) is 46.8 Å². The van der Waals surface area contributed by atoms with Crippen LogP contribution in [0, 0.1) is 13.8 Å². The number of ketones is 1. The number of aromatic amines is 1. The Balaban J connectivity index is 2.24. The first-order valence-electron chi connectivity index (χ1n) is 8.79. The molecule has 0 bridgehead atoms. The Kier molecular flexibility index (Phi) is 6.44. The van der Waals surface area contributed by atoms with Crippen molar-refractivity contribution in [3.8, 4) is 5.75 Å². The van der Waals surface area contributed by atoms with Crippen LogP contribution in [0.25, 0.3) is 0 Å². The van der Waals surface area contributed by atoms with Crippen LogP contribution >= 0.6 is 0 Å². The molecule has 1 aromatic carbocycles. The maximum atomic E-state index is 12.9. The van der Waals surface area contributed by atoms with Crippen LogP contribution in [0.1, 0.15) is 52.9 Å². The minimum atomic E-state index is -0.497. The van der Waals surface area contributed by atoms with Crippen molar-refractivity contribution >= 4 is 17.4 Å². The molecule has 6 nitrogen and oxygen atoms in total. The van der Waals surface area contributed by atoms with E-state index in [2.05, 4.69) is 10.3 Å². The van der Waals surface area contributed by atoms with E-state index in [1.807, 2.05) is 31.2 Å². The predicted octanol–water partition coefficient (Wildman–Crippen LogP) is 3.89. The van der Waals surface area contributed by atoms with Gasteiger partial charge >= 0.3 is 5.97 Å². The molecule has 2 N–H and O–H groups in total. The number of Topliss-reactive ketones (excluding diaryl/α,β-unsaturated/α-hetero) is 1. The van der Waals surface area contributed by atoms with Gasteiger partial charge in [-0.1, -0.05) is 12.1 Å². The van der Waals surface area contributed by atoms with E-state index >= 15 is 0 Å². The Morgan fingerprint density at radius 3 is 2.50 bits per heavy atom. The number of rotatable bonds is 8. The molecular formula is C20H26N2O4. The molecular weight excluding hydrogens is 332 g/mol. The van der Waals surface area contributed by atoms with Crippen LogP contribution in [0.15, 0.2) is 24.3 Å². The number of aromatic nitrogens is 1. The molecule has 0 spiro atoms. The summed E-state index contributed by atoms with van der Waals surface area (Å²) in [4.78, 5) is 28.0. The second kappa shape index (κ2) is 8.56. The van der Waals surface area contributed by atoms with Gasteiger partial charge < -0.3 is 19.8 Å². The largest absolute Gasteiger partial charge is 0.492 e. The lowest BCUT2D eigenvalue weighted by molar-refractivity contribution is 0.0525. The summed E-state index contributed by atoms with van der Waals surface area (Å²) >= 11 is 0. The van der Waals surface area contributed by atoms with Gasteiger partial charge in [-0.05, 0) is 52.3 Å². The fraction of sp³-hybridized carbons (Fsp3) is 0.400. The standard InChI is InChI=1S/C20H26N2O4/c1-6-25-16-11-9-8-10-15(16)21-14(5)19(23)18-12(3)17(13(4)22-18)20(24)26-7-2/h8-11,14,21-22H,6-7H2,1-5H3/t14-/m1/s1. The highest BCUT2D eigenvalue weighted by atomic mass is 16.5. The molecule has 0 aliphatic rings. The van der Waals surface area contributed by atoms with Gasteiger partial charge in [-0.15, -0.1) is 0 Å². The highest BCUT2D eigenvalue weighted by Gasteiger charge is 2.26. The molecule has 0 aliphatic carbocycles. The summed E-state index contributed by atoms with van der Waals surface area (Å²) in [5.74, 6) is 0.147. The van der Waals surface area contributed by atoms with E-state index in [0.29, 0.717) is 41.5 Å². The molecule has 0 saturated carbocycles. The van der Waals surface area contributed by atoms with Gasteiger partial charge in [0.15, 0.2) is 0 Å². The van der Waals surface area contributed by atoms with E-state index in [1.165, 1.54) is 0 Å². The van der Waals surface area contributed by atoms with Gasteiger partial charge in [0.25, 0.3) is 0 Å². The number of nitrogens with one attached hydrogen (secondary N) is 2. The second-order valence-electron chi connectivity index (χ2n) is 6.00. The number of esters is 1. The average molecular weight is 358 g/mol. The minimum Gasteiger partial charge on any atom is -0.492 e. The number of ether oxygens (including phenoxy) is 2. The maximum absolute atomic E-state index is 12.9. The summed E-state index contributed by atoms with van der Waals surface area (Å²) in [7, 11) is 0. The van der Waals surface area contributed by atoms with Gasteiger partial charge in [-0.25, -0.2) is 4.79 Å². The number of carbonyl (C=O) groups is 2. The molecule has 1 aromatic heterocycles. The molecule has 1 atom stereocenters. The van der Waals surface area contributed by atoms with Crippen LogP contribution < -0.4 is 10.1 Å². The zero-order valence-corrected chi connectivity index (χ0v) is 15.9. The Morgan fingerprint density at radius 2 is 1.85 bits per heavy atom. The van der Waals surface area contributed by atoms with Gasteiger partial charge in [0, 0.05) is 5.69 Å². The number of hydrogen-bond acceptors (Lipinski definition) is 5. The Bertz CT molecular complexity index is 795. The quantitative estimate of drug-likeness (QED) is 0.553. The first-order chi connectivity index (χ1) is 12.4. The molecule has 0 radical (unpaired) electrons. The van der Waals surface area contributed by atoms with Crippen LogP contribution in [0.3, 0.4) is 0 Å². The van der Waals surface area contributed by atoms with E-state index in [4.69, 9.17) is 9.47 Å². The number of H-pyrrole nitrogens is 1. The van der Waals surface area contributed by atoms with Crippen LogP contribution in [0.2, 0.25) is 0 Å². The van der Waals surface area contributed by atoms with Gasteiger partial charge in [0.1, 0.15) is 5.75 Å². The highest BCUT2D eigenvalue weighted by molar-refractivity contribution is 6.04. The summed E-state index contributed by atoms with van der Waals surface area (Å²) in [6, 6.07) is 6.98. The molecule has 2 rings (SSSR count). The third-order valence-corrected chi connectivity index (χ3v) is 4.12. The maximum Gasteiger partial charge on any atom is 0.340 e. The molecule has 26 heavy (non-hydrogen) atoms. The first-order valence-corrected chi connectivity index (χ1v) is 8.79. The van der Waals surface area contributed by atoms with Gasteiger partial charge in [-0.2, -0.15) is 0 Å². The Labute approximate surface area is 153 Å². The Morgan fingerprint density at radius 1 is 1.15 bits per heavy atom. The van der Waals surface area contributed by atoms with Crippen molar-refractivity contribution < 1.29 is 19.1 Å². The van der Waals surface area contributed by atoms with E-state index < -0.39 is 12.0 Å². The van der Waals surface area contributed by atoms with E-state index in [-0.39, 0.29) is 5.78 Å². The van der Waals surface area contributed by atoms with Crippen molar-refractivity contribution in [2.45, 2.75) is 40.7 Å². The zero-order chi connectivity index (χ0) is 19.3. The zero-order valence-electron chi connectivity index (χ0n) is 15.9. The minimum absolute atomic E-state index is 0.132. The number of carbonyl (C=O) groups excluding carboxylic acids is 2. The lowest BCUT2D eigenvalue weighted by Gasteiger charge is -2.17. The summed E-state index contributed by atoms with van der Waals surface area (Å²) in [6.07, 6.45) is 0. The molecule has 0 unspecified atom stereocenters. The van der Waals surface area contributed by atoms with Crippen LogP contribution in [-0.2, 0) is 4.74 Å². The van der Waals surface area contributed by atoms with Gasteiger partial charge in [0.2, 0.25) is 5.78 Å². The molecule has 0 aliphatic heterocycles. The number of benzene rings is 1. The molecule has 0 saturated heterocycles. The van der Waals surface area contributed by atoms with Crippen molar-refractivity contribution in [1.82, 2.24) is 4.98 Å². The van der Waals surface area contributed by atoms with E-state index in [0.717, 1.165) is 5.69 Å². The lowest BCUT2D eigenvalue weighted by atomic mass is 10.0. The van der Waals surface area contributed by atoms with E-state index in [9.17, 15) is 9.59 Å². The van der Waals surface area contributed by atoms with Crippen LogP contribution in [-0.4, -0.2) is 36.0 Å². The predicted molar refractivity (Wildman–Crippen MR) is 101 cm³/mol. The van der Waals surface area contributed by atoms with Crippen molar-refractivity contribution in [3.63, 3.8) is 0 Å². The van der Waals surface area contributed by atoms with Crippen molar-refractivity contribution in [2.75, 3.05) is 18.5 Å². The van der Waals surface area contributed by atoms with Gasteiger partial charge in [0.05, 0.1) is 36.2 Å². The number of para-hydroxylation sites is 2. The highest BCUT2D eigenvalue weighted by Crippen LogP contribution is 2.26. The number of anilines is 1. The fourth-order valence-corrected chi connectivity index (χ4v) is 2.89. The summed E-state index contributed by atoms with van der Waals surface area (Å²) in [6.45, 7) is 9.79. The summed E-state index contributed by atoms with van der Waals surface area (Å²) < 4.78 is 10.7. The number of hydrogen-bond donors (Lipinski definition) is 2. The van der Waals surface area contributed by atoms with Gasteiger partial charge in [-0.3, -0.25) is 4.79 Å². The average Bonchev–Trinajstić information content (AvgIpc) is 2.90. The van der Waals surface area contributed by atoms with Crippen molar-refractivity contribution in [2.24, 2.45) is 0 Å². The second-order valence-corrected chi connectivity index (χ2v) is 6.00. The topological polar surface area (TPSA) is 80.4 Å². The first kappa shape index (κ1) is 19.6. The third-order valence-electron chi connectivity index (χ3n) is 4.12. The summed E-state index contributed by atoms with van der Waals surface area (Å²) in [5, 5.41) is 3.19. The molecule has 140 valence electrons. The lowest BCUT2D eigenvalue weighted by Crippen LogP contribution is -2.27. The summed E-state index contributed by atoms with van der Waals surface area (Å²) in [5.41, 5.74) is 2.84. The van der Waals surface area contributed by atoms with Crippen LogP contribution in [0.5, 0.6) is 5.75 Å². The normalized spacial score (nSPS) is 11.7. The molecule has 6 heteroatoms. The van der Waals surface area contributed by atoms with Crippen LogP contribution in [0.4, 0.5) is 5.69 Å². The smallest absolute Gasteiger partial charge is 0.340 e. The fourth-order valence-electron chi connectivity index (χ4n) is 2.89. The third kappa shape index (κ3) is 4.07. The molecule has 0 fully saturated rings. The molecule has 0 amide bonds. The SMILES string of the molecule is CCOC(=O)c1c(C)[nH]c(C(=O)[C@@H](C)Nc2ccccc2OCC)c1C. The van der Waals surface area contributed by atoms with E-state index in [1.54, 1.807) is 27.7 Å². The molecule has 1 heterocycles. The molecule has 2 aromatic rings.